The molecule has 1 heterocycles. The quantitative estimate of drug-likeness (QED) is 0.220. The molecule has 0 amide bonds. The Labute approximate surface area is 200 Å². The van der Waals surface area contributed by atoms with Crippen molar-refractivity contribution >= 4 is 5.78 Å². The number of nitrogens with zero attached hydrogens (tertiary/aromatic N) is 2. The van der Waals surface area contributed by atoms with E-state index < -0.39 is 5.54 Å². The lowest BCUT2D eigenvalue weighted by molar-refractivity contribution is 0.102. The van der Waals surface area contributed by atoms with Gasteiger partial charge in [0.2, 0.25) is 5.78 Å². The van der Waals surface area contributed by atoms with Crippen molar-refractivity contribution in [3.63, 3.8) is 0 Å². The fraction of sp³-hybridized carbons (Fsp3) is 0.0968. The Kier molecular flexibility index (Phi) is 5.69. The second-order valence-corrected chi connectivity index (χ2v) is 8.53. The number of carbonyl (C=O) groups excluding carboxylic acids is 1. The van der Waals surface area contributed by atoms with Gasteiger partial charge in [0.1, 0.15) is 11.2 Å². The van der Waals surface area contributed by atoms with Gasteiger partial charge in [-0.15, -0.1) is 0 Å². The standard InChI is InChI=1S/C31H26N2O/c1-23-13-12-20-28(24(23)2)30(34)29-21-32-22-33(29)31(25-14-6-3-7-15-25,26-16-8-4-9-17-26)27-18-10-5-11-19-27/h3-22H,1-2H3. The van der Waals surface area contributed by atoms with Gasteiger partial charge in [0.15, 0.2) is 0 Å². The number of benzene rings is 4. The van der Waals surface area contributed by atoms with E-state index in [9.17, 15) is 4.79 Å². The summed E-state index contributed by atoms with van der Waals surface area (Å²) in [4.78, 5) is 18.5. The van der Waals surface area contributed by atoms with E-state index in [0.717, 1.165) is 27.8 Å². The molecule has 34 heavy (non-hydrogen) atoms. The van der Waals surface area contributed by atoms with Gasteiger partial charge in [-0.1, -0.05) is 109 Å². The van der Waals surface area contributed by atoms with Crippen LogP contribution < -0.4 is 0 Å². The van der Waals surface area contributed by atoms with Crippen molar-refractivity contribution in [1.29, 1.82) is 0 Å². The molecule has 3 heteroatoms. The monoisotopic (exact) mass is 442 g/mol. The largest absolute Gasteiger partial charge is 0.309 e. The first-order chi connectivity index (χ1) is 16.6. The smallest absolute Gasteiger partial charge is 0.211 e. The molecule has 0 fully saturated rings. The van der Waals surface area contributed by atoms with Gasteiger partial charge >= 0.3 is 0 Å². The molecule has 0 saturated carbocycles. The summed E-state index contributed by atoms with van der Waals surface area (Å²) in [6.07, 6.45) is 3.47. The molecule has 0 N–H and O–H groups in total. The van der Waals surface area contributed by atoms with E-state index in [1.165, 1.54) is 0 Å². The Morgan fingerprint density at radius 3 is 1.68 bits per heavy atom. The molecule has 0 aliphatic rings. The number of hydrogen-bond donors (Lipinski definition) is 0. The van der Waals surface area contributed by atoms with Crippen molar-refractivity contribution in [2.24, 2.45) is 0 Å². The minimum atomic E-state index is -0.775. The van der Waals surface area contributed by atoms with Gasteiger partial charge in [0.25, 0.3) is 0 Å². The highest BCUT2D eigenvalue weighted by Gasteiger charge is 2.40. The second kappa shape index (κ2) is 8.95. The molecule has 0 bridgehead atoms. The number of ketones is 1. The fourth-order valence-corrected chi connectivity index (χ4v) is 4.82. The van der Waals surface area contributed by atoms with Crippen LogP contribution in [0.15, 0.2) is 122 Å². The van der Waals surface area contributed by atoms with Crippen molar-refractivity contribution in [3.8, 4) is 0 Å². The van der Waals surface area contributed by atoms with E-state index in [1.807, 2.05) is 91.2 Å². The lowest BCUT2D eigenvalue weighted by atomic mass is 9.76. The molecule has 0 aliphatic heterocycles. The van der Waals surface area contributed by atoms with Crippen molar-refractivity contribution in [1.82, 2.24) is 9.55 Å². The summed E-state index contributed by atoms with van der Waals surface area (Å²) in [6, 6.07) is 36.9. The molecule has 166 valence electrons. The van der Waals surface area contributed by atoms with E-state index in [-0.39, 0.29) is 5.78 Å². The molecule has 5 aromatic rings. The third-order valence-electron chi connectivity index (χ3n) is 6.66. The van der Waals surface area contributed by atoms with Gasteiger partial charge in [0, 0.05) is 5.56 Å². The predicted octanol–water partition coefficient (Wildman–Crippen LogP) is 6.57. The second-order valence-electron chi connectivity index (χ2n) is 8.53. The first-order valence-electron chi connectivity index (χ1n) is 11.4. The zero-order valence-corrected chi connectivity index (χ0v) is 19.3. The summed E-state index contributed by atoms with van der Waals surface area (Å²) in [5.74, 6) is -0.0362. The minimum Gasteiger partial charge on any atom is -0.309 e. The van der Waals surface area contributed by atoms with Crippen LogP contribution in [0.1, 0.15) is 43.9 Å². The van der Waals surface area contributed by atoms with Crippen molar-refractivity contribution in [2.75, 3.05) is 0 Å². The summed E-state index contributed by atoms with van der Waals surface area (Å²) in [6.45, 7) is 4.04. The van der Waals surface area contributed by atoms with E-state index in [1.54, 1.807) is 12.5 Å². The normalized spacial score (nSPS) is 11.4. The van der Waals surface area contributed by atoms with Crippen LogP contribution in [0.3, 0.4) is 0 Å². The van der Waals surface area contributed by atoms with Crippen LogP contribution >= 0.6 is 0 Å². The number of carbonyl (C=O) groups is 1. The molecule has 0 saturated heterocycles. The van der Waals surface area contributed by atoms with Crippen molar-refractivity contribution in [3.05, 3.63) is 161 Å². The SMILES string of the molecule is Cc1cccc(C(=O)c2cncn2C(c2ccccc2)(c2ccccc2)c2ccccc2)c1C. The lowest BCUT2D eigenvalue weighted by Crippen LogP contribution is -2.39. The first-order valence-corrected chi connectivity index (χ1v) is 11.4. The molecule has 1 aromatic heterocycles. The van der Waals surface area contributed by atoms with E-state index in [4.69, 9.17) is 0 Å². The zero-order chi connectivity index (χ0) is 23.5. The molecular weight excluding hydrogens is 416 g/mol. The highest BCUT2D eigenvalue weighted by atomic mass is 16.1. The summed E-state index contributed by atoms with van der Waals surface area (Å²) < 4.78 is 2.04. The summed E-state index contributed by atoms with van der Waals surface area (Å²) in [7, 11) is 0. The van der Waals surface area contributed by atoms with Gasteiger partial charge in [-0.2, -0.15) is 0 Å². The van der Waals surface area contributed by atoms with Crippen LogP contribution in [0.25, 0.3) is 0 Å². The zero-order valence-electron chi connectivity index (χ0n) is 19.3. The molecular formula is C31H26N2O. The maximum atomic E-state index is 14.0. The average Bonchev–Trinajstić information content (AvgIpc) is 3.38. The van der Waals surface area contributed by atoms with Crippen molar-refractivity contribution in [2.45, 2.75) is 19.4 Å². The van der Waals surface area contributed by atoms with Gasteiger partial charge < -0.3 is 4.57 Å². The van der Waals surface area contributed by atoms with Crippen LogP contribution in [0, 0.1) is 13.8 Å². The maximum absolute atomic E-state index is 14.0. The molecule has 0 atom stereocenters. The minimum absolute atomic E-state index is 0.0362. The van der Waals surface area contributed by atoms with Gasteiger partial charge in [-0.25, -0.2) is 4.98 Å². The molecule has 5 rings (SSSR count). The molecule has 0 spiro atoms. The topological polar surface area (TPSA) is 34.9 Å². The summed E-state index contributed by atoms with van der Waals surface area (Å²) >= 11 is 0. The van der Waals surface area contributed by atoms with Crippen molar-refractivity contribution < 1.29 is 4.79 Å². The number of aryl methyl sites for hydroxylation is 1. The van der Waals surface area contributed by atoms with Crippen LogP contribution in [0.2, 0.25) is 0 Å². The van der Waals surface area contributed by atoms with Crippen LogP contribution in [0.5, 0.6) is 0 Å². The van der Waals surface area contributed by atoms with E-state index in [0.29, 0.717) is 11.3 Å². The van der Waals surface area contributed by atoms with E-state index >= 15 is 0 Å². The highest BCUT2D eigenvalue weighted by Crippen LogP contribution is 2.41. The van der Waals surface area contributed by atoms with Crippen LogP contribution in [-0.2, 0) is 5.54 Å². The number of imidazole rings is 1. The Morgan fingerprint density at radius 1 is 0.676 bits per heavy atom. The molecule has 3 nitrogen and oxygen atoms in total. The number of hydrogen-bond acceptors (Lipinski definition) is 2. The third-order valence-corrected chi connectivity index (χ3v) is 6.66. The van der Waals surface area contributed by atoms with Crippen LogP contribution in [-0.4, -0.2) is 15.3 Å². The number of rotatable bonds is 6. The summed E-state index contributed by atoms with van der Waals surface area (Å²) in [5.41, 5.74) is 5.72. The third kappa shape index (κ3) is 3.46. The Balaban J connectivity index is 1.85. The fourth-order valence-electron chi connectivity index (χ4n) is 4.82. The summed E-state index contributed by atoms with van der Waals surface area (Å²) in [5, 5.41) is 0. The highest BCUT2D eigenvalue weighted by molar-refractivity contribution is 6.09. The number of aromatic nitrogens is 2. The van der Waals surface area contributed by atoms with Gasteiger partial charge in [0.05, 0.1) is 12.5 Å². The molecule has 4 aromatic carbocycles. The molecule has 0 unspecified atom stereocenters. The lowest BCUT2D eigenvalue weighted by Gasteiger charge is -2.38. The maximum Gasteiger partial charge on any atom is 0.211 e. The average molecular weight is 443 g/mol. The first kappa shape index (κ1) is 21.6. The Hall–Kier alpha value is -4.24. The van der Waals surface area contributed by atoms with E-state index in [2.05, 4.69) is 41.4 Å². The van der Waals surface area contributed by atoms with Gasteiger partial charge in [-0.05, 0) is 41.7 Å². The molecule has 0 aliphatic carbocycles. The van der Waals surface area contributed by atoms with Gasteiger partial charge in [-0.3, -0.25) is 4.79 Å². The Morgan fingerprint density at radius 2 is 1.18 bits per heavy atom. The molecule has 0 radical (unpaired) electrons. The predicted molar refractivity (Wildman–Crippen MR) is 136 cm³/mol. The Bertz CT molecular complexity index is 1320. The van der Waals surface area contributed by atoms with Crippen LogP contribution in [0.4, 0.5) is 0 Å².